The van der Waals surface area contributed by atoms with Gasteiger partial charge in [0, 0.05) is 24.0 Å². The van der Waals surface area contributed by atoms with Crippen LogP contribution < -0.4 is 10.4 Å². The van der Waals surface area contributed by atoms with Gasteiger partial charge >= 0.3 is 0 Å². The minimum atomic E-state index is -0.477. The number of aromatic nitrogens is 1. The van der Waals surface area contributed by atoms with Gasteiger partial charge in [0.05, 0.1) is 5.52 Å². The zero-order valence-electron chi connectivity index (χ0n) is 12.8. The molecule has 0 saturated heterocycles. The van der Waals surface area contributed by atoms with E-state index in [4.69, 9.17) is 10.2 Å². The van der Waals surface area contributed by atoms with Crippen molar-refractivity contribution in [3.05, 3.63) is 71.3 Å². The molecule has 1 aliphatic heterocycles. The molecule has 2 N–H and O–H groups in total. The molecule has 0 radical (unpaired) electrons. The second kappa shape index (κ2) is 6.47. The predicted octanol–water partition coefficient (Wildman–Crippen LogP) is 3.30. The molecule has 24 heavy (non-hydrogen) atoms. The summed E-state index contributed by atoms with van der Waals surface area (Å²) in [6.07, 6.45) is 0. The molecular weight excluding hydrogens is 326 g/mol. The molecule has 0 spiro atoms. The molecule has 0 atom stereocenters. The van der Waals surface area contributed by atoms with Gasteiger partial charge in [-0.25, -0.2) is 10.5 Å². The zero-order chi connectivity index (χ0) is 15.8. The maximum atomic E-state index is 11.8. The molecule has 1 amide bonds. The number of amides is 1. The highest BCUT2D eigenvalue weighted by Crippen LogP contribution is 2.30. The van der Waals surface area contributed by atoms with Gasteiger partial charge in [-0.2, -0.15) is 0 Å². The van der Waals surface area contributed by atoms with Crippen molar-refractivity contribution in [2.45, 2.75) is 13.1 Å². The van der Waals surface area contributed by atoms with Crippen LogP contribution in [0.4, 0.5) is 5.82 Å². The van der Waals surface area contributed by atoms with Gasteiger partial charge < -0.3 is 4.90 Å². The van der Waals surface area contributed by atoms with Gasteiger partial charge in [-0.1, -0.05) is 30.3 Å². The second-order valence-electron chi connectivity index (χ2n) is 5.60. The molecule has 1 aliphatic rings. The third-order valence-corrected chi connectivity index (χ3v) is 4.24. The quantitative estimate of drug-likeness (QED) is 0.554. The van der Waals surface area contributed by atoms with Crippen LogP contribution in [0.1, 0.15) is 21.5 Å². The Balaban J connectivity index is 0.00000169. The van der Waals surface area contributed by atoms with Crippen LogP contribution in [0.5, 0.6) is 0 Å². The van der Waals surface area contributed by atoms with Crippen molar-refractivity contribution in [2.24, 2.45) is 0 Å². The first kappa shape index (κ1) is 16.2. The van der Waals surface area contributed by atoms with E-state index in [0.29, 0.717) is 18.7 Å². The number of nitrogens with one attached hydrogen (secondary N) is 1. The smallest absolute Gasteiger partial charge is 0.274 e. The molecule has 6 heteroatoms. The Morgan fingerprint density at radius 3 is 2.71 bits per heavy atom. The lowest BCUT2D eigenvalue weighted by Gasteiger charge is -2.17. The van der Waals surface area contributed by atoms with E-state index in [0.717, 1.165) is 27.8 Å². The van der Waals surface area contributed by atoms with Crippen molar-refractivity contribution in [1.29, 1.82) is 0 Å². The summed E-state index contributed by atoms with van der Waals surface area (Å²) in [7, 11) is 0. The van der Waals surface area contributed by atoms with Crippen LogP contribution in [0.25, 0.3) is 10.9 Å². The number of anilines is 1. The van der Waals surface area contributed by atoms with E-state index in [-0.39, 0.29) is 12.4 Å². The number of carbonyl (C=O) groups is 1. The number of hydrogen-bond donors (Lipinski definition) is 2. The Morgan fingerprint density at radius 2 is 1.88 bits per heavy atom. The lowest BCUT2D eigenvalue weighted by Crippen LogP contribution is -2.21. The number of para-hydroxylation sites is 1. The summed E-state index contributed by atoms with van der Waals surface area (Å²) in [4.78, 5) is 18.6. The van der Waals surface area contributed by atoms with Crippen LogP contribution in [-0.2, 0) is 13.1 Å². The van der Waals surface area contributed by atoms with Crippen molar-refractivity contribution in [3.63, 3.8) is 0 Å². The van der Waals surface area contributed by atoms with Gasteiger partial charge in [-0.05, 0) is 35.4 Å². The van der Waals surface area contributed by atoms with Gasteiger partial charge in [0.1, 0.15) is 5.82 Å². The highest BCUT2D eigenvalue weighted by molar-refractivity contribution is 5.95. The van der Waals surface area contributed by atoms with Gasteiger partial charge in [0.25, 0.3) is 5.91 Å². The fraction of sp³-hybridized carbons (Fsp3) is 0.111. The van der Waals surface area contributed by atoms with Crippen molar-refractivity contribution in [3.8, 4) is 0 Å². The summed E-state index contributed by atoms with van der Waals surface area (Å²) in [6, 6.07) is 17.6. The van der Waals surface area contributed by atoms with Gasteiger partial charge in [-0.3, -0.25) is 10.0 Å². The maximum Gasteiger partial charge on any atom is 0.274 e. The molecule has 3 aromatic rings. The number of fused-ring (bicyclic) bond motifs is 2. The fourth-order valence-electron chi connectivity index (χ4n) is 3.09. The molecule has 5 nitrogen and oxygen atoms in total. The minimum Gasteiger partial charge on any atom is -0.348 e. The zero-order valence-corrected chi connectivity index (χ0v) is 13.6. The highest BCUT2D eigenvalue weighted by atomic mass is 35.5. The molecule has 2 heterocycles. The molecule has 4 rings (SSSR count). The first-order valence-electron chi connectivity index (χ1n) is 7.42. The lowest BCUT2D eigenvalue weighted by molar-refractivity contribution is 0.0705. The normalized spacial score (nSPS) is 12.6. The maximum absolute atomic E-state index is 11.8. The Bertz CT molecular complexity index is 914. The third kappa shape index (κ3) is 2.68. The Kier molecular flexibility index (Phi) is 4.38. The van der Waals surface area contributed by atoms with Crippen LogP contribution >= 0.6 is 12.4 Å². The van der Waals surface area contributed by atoms with Crippen molar-refractivity contribution in [2.75, 3.05) is 4.90 Å². The molecule has 1 aromatic heterocycles. The summed E-state index contributed by atoms with van der Waals surface area (Å²) >= 11 is 0. The van der Waals surface area contributed by atoms with E-state index in [1.165, 1.54) is 0 Å². The molecule has 2 aromatic carbocycles. The highest BCUT2D eigenvalue weighted by Gasteiger charge is 2.24. The van der Waals surface area contributed by atoms with Crippen LogP contribution in [-0.4, -0.2) is 16.1 Å². The van der Waals surface area contributed by atoms with Crippen LogP contribution in [0.3, 0.4) is 0 Å². The molecular formula is C18H16ClN3O2. The molecule has 0 aliphatic carbocycles. The predicted molar refractivity (Wildman–Crippen MR) is 94.6 cm³/mol. The first-order chi connectivity index (χ1) is 11.3. The molecule has 0 unspecified atom stereocenters. The first-order valence-corrected chi connectivity index (χ1v) is 7.42. The van der Waals surface area contributed by atoms with Gasteiger partial charge in [0.2, 0.25) is 0 Å². The van der Waals surface area contributed by atoms with Crippen LogP contribution in [0.2, 0.25) is 0 Å². The number of pyridine rings is 1. The van der Waals surface area contributed by atoms with E-state index in [1.807, 2.05) is 42.5 Å². The van der Waals surface area contributed by atoms with Crippen molar-refractivity contribution >= 4 is 35.0 Å². The van der Waals surface area contributed by atoms with Crippen molar-refractivity contribution in [1.82, 2.24) is 10.5 Å². The number of hydrogen-bond acceptors (Lipinski definition) is 4. The summed E-state index contributed by atoms with van der Waals surface area (Å²) in [6.45, 7) is 1.30. The summed E-state index contributed by atoms with van der Waals surface area (Å²) < 4.78 is 0. The van der Waals surface area contributed by atoms with E-state index < -0.39 is 5.91 Å². The van der Waals surface area contributed by atoms with Crippen LogP contribution in [0.15, 0.2) is 54.6 Å². The number of carbonyl (C=O) groups excluding carboxylic acids is 1. The largest absolute Gasteiger partial charge is 0.348 e. The summed E-state index contributed by atoms with van der Waals surface area (Å²) in [5, 5.41) is 10.0. The number of hydroxylamine groups is 1. The number of rotatable bonds is 2. The van der Waals surface area contributed by atoms with Crippen LogP contribution in [0, 0.1) is 0 Å². The summed E-state index contributed by atoms with van der Waals surface area (Å²) in [5.74, 6) is 0.408. The number of benzene rings is 2. The monoisotopic (exact) mass is 341 g/mol. The molecule has 0 fully saturated rings. The Morgan fingerprint density at radius 1 is 1.04 bits per heavy atom. The average molecular weight is 342 g/mol. The van der Waals surface area contributed by atoms with E-state index >= 15 is 0 Å². The topological polar surface area (TPSA) is 65.5 Å². The SMILES string of the molecule is Cl.O=C(NO)c1cccc2c1CN(c1ccc3ccccc3n1)C2. The number of nitrogens with zero attached hydrogens (tertiary/aromatic N) is 2. The second-order valence-corrected chi connectivity index (χ2v) is 5.60. The third-order valence-electron chi connectivity index (χ3n) is 4.24. The van der Waals surface area contributed by atoms with Gasteiger partial charge in [0.15, 0.2) is 0 Å². The van der Waals surface area contributed by atoms with E-state index in [2.05, 4.69) is 11.0 Å². The Labute approximate surface area is 145 Å². The molecule has 0 saturated carbocycles. The minimum absolute atomic E-state index is 0. The van der Waals surface area contributed by atoms with E-state index in [9.17, 15) is 4.79 Å². The average Bonchev–Trinajstić information content (AvgIpc) is 3.04. The van der Waals surface area contributed by atoms with E-state index in [1.54, 1.807) is 11.5 Å². The number of halogens is 1. The molecule has 0 bridgehead atoms. The van der Waals surface area contributed by atoms with Gasteiger partial charge in [-0.15, -0.1) is 12.4 Å². The van der Waals surface area contributed by atoms with Crippen molar-refractivity contribution < 1.29 is 10.0 Å². The summed E-state index contributed by atoms with van der Waals surface area (Å²) in [5.41, 5.74) is 5.20. The standard InChI is InChI=1S/C18H15N3O2.ClH/c22-18(20-23)14-6-3-5-13-10-21(11-15(13)14)17-9-8-12-4-1-2-7-16(12)19-17;/h1-9,23H,10-11H2,(H,20,22);1H. The Hall–Kier alpha value is -2.63. The molecule has 122 valence electrons. The fourth-order valence-corrected chi connectivity index (χ4v) is 3.09. The lowest BCUT2D eigenvalue weighted by atomic mass is 10.0.